The molecule has 2 unspecified atom stereocenters. The van der Waals surface area contributed by atoms with Gasteiger partial charge in [0.05, 0.1) is 23.0 Å². The van der Waals surface area contributed by atoms with E-state index >= 15 is 0 Å². The number of piperidine rings is 1. The van der Waals surface area contributed by atoms with Crippen LogP contribution in [-0.4, -0.2) is 43.7 Å². The highest BCUT2D eigenvalue weighted by atomic mass is 32.2. The Labute approximate surface area is 172 Å². The number of hydrogen-bond donors (Lipinski definition) is 0. The molecule has 0 aliphatic carbocycles. The molecule has 0 spiro atoms. The maximum atomic E-state index is 12.6. The molecule has 0 saturated carbocycles. The average molecular weight is 421 g/mol. The summed E-state index contributed by atoms with van der Waals surface area (Å²) in [6, 6.07) is 8.41. The van der Waals surface area contributed by atoms with Gasteiger partial charge in [0.2, 0.25) is 0 Å². The molecule has 2 bridgehead atoms. The van der Waals surface area contributed by atoms with E-state index in [1.807, 2.05) is 27.7 Å². The predicted octanol–water partition coefficient (Wildman–Crippen LogP) is 3.77. The number of nitrogens with zero attached hydrogens (tertiary/aromatic N) is 2. The van der Waals surface area contributed by atoms with Crippen LogP contribution in [0, 0.1) is 23.7 Å². The molecule has 0 aromatic heterocycles. The molecule has 2 aliphatic heterocycles. The van der Waals surface area contributed by atoms with Crippen molar-refractivity contribution in [3.63, 3.8) is 0 Å². The summed E-state index contributed by atoms with van der Waals surface area (Å²) in [4.78, 5) is 14.4. The average Bonchev–Trinajstić information content (AvgIpc) is 2.91. The lowest BCUT2D eigenvalue weighted by Gasteiger charge is -2.42. The SMILES string of the molecule is Cc1ccc(S(=O)(=O)OCC2(C#N)CC3CCC(C2)N3C(=O)OC(C)(C)C)cc1. The number of nitriles is 1. The number of benzene rings is 1. The molecule has 2 fully saturated rings. The highest BCUT2D eigenvalue weighted by Gasteiger charge is 2.52. The minimum absolute atomic E-state index is 0.0744. The molecule has 29 heavy (non-hydrogen) atoms. The lowest BCUT2D eigenvalue weighted by molar-refractivity contribution is -0.00982. The van der Waals surface area contributed by atoms with E-state index in [9.17, 15) is 18.5 Å². The van der Waals surface area contributed by atoms with Gasteiger partial charge < -0.3 is 9.64 Å². The molecule has 2 aliphatic rings. The summed E-state index contributed by atoms with van der Waals surface area (Å²) in [6.45, 7) is 7.12. The molecule has 158 valence electrons. The second-order valence-electron chi connectivity index (χ2n) is 9.10. The van der Waals surface area contributed by atoms with Crippen molar-refractivity contribution in [2.45, 2.75) is 76.0 Å². The molecule has 1 aromatic rings. The molecule has 0 radical (unpaired) electrons. The standard InChI is InChI=1S/C21H28N2O5S/c1-15-5-9-18(10-6-15)29(25,26)27-14-21(13-22)11-16-7-8-17(12-21)23(16)19(24)28-20(2,3)4/h5-6,9-10,16-17H,7-8,11-12,14H2,1-4H3. The van der Waals surface area contributed by atoms with Gasteiger partial charge in [0.1, 0.15) is 5.60 Å². The lowest BCUT2D eigenvalue weighted by atomic mass is 9.77. The fourth-order valence-electron chi connectivity index (χ4n) is 4.16. The van der Waals surface area contributed by atoms with Crippen LogP contribution in [0.4, 0.5) is 4.79 Å². The molecular formula is C21H28N2O5S. The summed E-state index contributed by atoms with van der Waals surface area (Å²) in [5.41, 5.74) is -0.586. The van der Waals surface area contributed by atoms with E-state index in [1.165, 1.54) is 12.1 Å². The summed E-state index contributed by atoms with van der Waals surface area (Å²) < 4.78 is 35.9. The third-order valence-corrected chi connectivity index (χ3v) is 6.79. The maximum absolute atomic E-state index is 12.6. The first kappa shape index (κ1) is 21.6. The van der Waals surface area contributed by atoms with Gasteiger partial charge in [0, 0.05) is 12.1 Å². The van der Waals surface area contributed by atoms with Gasteiger partial charge in [0.25, 0.3) is 10.1 Å². The highest BCUT2D eigenvalue weighted by molar-refractivity contribution is 7.86. The van der Waals surface area contributed by atoms with Crippen LogP contribution in [-0.2, 0) is 19.0 Å². The molecule has 1 aromatic carbocycles. The van der Waals surface area contributed by atoms with Crippen molar-refractivity contribution in [2.24, 2.45) is 5.41 Å². The first-order chi connectivity index (χ1) is 13.4. The fraction of sp³-hybridized carbons (Fsp3) is 0.619. The van der Waals surface area contributed by atoms with Gasteiger partial charge in [-0.15, -0.1) is 0 Å². The Morgan fingerprint density at radius 3 is 2.24 bits per heavy atom. The first-order valence-electron chi connectivity index (χ1n) is 9.83. The van der Waals surface area contributed by atoms with E-state index in [4.69, 9.17) is 8.92 Å². The molecule has 2 heterocycles. The number of hydrogen-bond acceptors (Lipinski definition) is 6. The second kappa shape index (κ2) is 7.62. The van der Waals surface area contributed by atoms with Gasteiger partial charge in [-0.3, -0.25) is 4.18 Å². The van der Waals surface area contributed by atoms with E-state index in [1.54, 1.807) is 17.0 Å². The van der Waals surface area contributed by atoms with Gasteiger partial charge in [-0.25, -0.2) is 4.79 Å². The number of ether oxygens (including phenoxy) is 1. The van der Waals surface area contributed by atoms with Crippen LogP contribution in [0.5, 0.6) is 0 Å². The summed E-state index contributed by atoms with van der Waals surface area (Å²) in [5, 5.41) is 9.86. The van der Waals surface area contributed by atoms with E-state index < -0.39 is 21.1 Å². The van der Waals surface area contributed by atoms with Crippen molar-refractivity contribution in [3.8, 4) is 6.07 Å². The van der Waals surface area contributed by atoms with Crippen LogP contribution in [0.15, 0.2) is 29.2 Å². The summed E-state index contributed by atoms with van der Waals surface area (Å²) in [5.74, 6) is 0. The molecule has 1 amide bonds. The van der Waals surface area contributed by atoms with Crippen molar-refractivity contribution in [2.75, 3.05) is 6.61 Å². The normalized spacial score (nSPS) is 26.8. The number of carbonyl (C=O) groups excluding carboxylic acids is 1. The van der Waals surface area contributed by atoms with E-state index in [-0.39, 0.29) is 29.7 Å². The zero-order valence-corrected chi connectivity index (χ0v) is 18.2. The number of carbonyl (C=O) groups is 1. The third-order valence-electron chi connectivity index (χ3n) is 5.51. The molecular weight excluding hydrogens is 392 g/mol. The van der Waals surface area contributed by atoms with E-state index in [2.05, 4.69) is 6.07 Å². The Hall–Kier alpha value is -2.11. The third kappa shape index (κ3) is 4.73. The topological polar surface area (TPSA) is 96.7 Å². The quantitative estimate of drug-likeness (QED) is 0.688. The Kier molecular flexibility index (Phi) is 5.67. The van der Waals surface area contributed by atoms with Gasteiger partial charge >= 0.3 is 6.09 Å². The van der Waals surface area contributed by atoms with Crippen molar-refractivity contribution in [1.82, 2.24) is 4.90 Å². The van der Waals surface area contributed by atoms with Crippen LogP contribution >= 0.6 is 0 Å². The summed E-state index contributed by atoms with van der Waals surface area (Å²) >= 11 is 0. The largest absolute Gasteiger partial charge is 0.444 e. The first-order valence-corrected chi connectivity index (χ1v) is 11.2. The summed E-state index contributed by atoms with van der Waals surface area (Å²) in [6.07, 6.45) is 1.94. The Morgan fingerprint density at radius 2 is 1.76 bits per heavy atom. The predicted molar refractivity (Wildman–Crippen MR) is 106 cm³/mol. The van der Waals surface area contributed by atoms with Crippen molar-refractivity contribution < 1.29 is 22.1 Å². The summed E-state index contributed by atoms with van der Waals surface area (Å²) in [7, 11) is -3.95. The molecule has 2 saturated heterocycles. The van der Waals surface area contributed by atoms with Crippen LogP contribution in [0.1, 0.15) is 52.0 Å². The van der Waals surface area contributed by atoms with Crippen LogP contribution in [0.25, 0.3) is 0 Å². The fourth-order valence-corrected chi connectivity index (χ4v) is 5.15. The number of rotatable bonds is 4. The highest BCUT2D eigenvalue weighted by Crippen LogP contribution is 2.46. The van der Waals surface area contributed by atoms with Gasteiger partial charge in [0.15, 0.2) is 0 Å². The van der Waals surface area contributed by atoms with Crippen molar-refractivity contribution in [3.05, 3.63) is 29.8 Å². The van der Waals surface area contributed by atoms with Gasteiger partial charge in [-0.05, 0) is 65.5 Å². The van der Waals surface area contributed by atoms with Crippen LogP contribution < -0.4 is 0 Å². The number of fused-ring (bicyclic) bond motifs is 2. The van der Waals surface area contributed by atoms with Gasteiger partial charge in [-0.2, -0.15) is 13.7 Å². The van der Waals surface area contributed by atoms with Crippen LogP contribution in [0.2, 0.25) is 0 Å². The molecule has 3 rings (SSSR count). The second-order valence-corrected chi connectivity index (χ2v) is 10.7. The maximum Gasteiger partial charge on any atom is 0.410 e. The monoisotopic (exact) mass is 420 g/mol. The molecule has 7 nitrogen and oxygen atoms in total. The van der Waals surface area contributed by atoms with Gasteiger partial charge in [-0.1, -0.05) is 17.7 Å². The van der Waals surface area contributed by atoms with Crippen molar-refractivity contribution in [1.29, 1.82) is 5.26 Å². The number of aryl methyl sites for hydroxylation is 1. The van der Waals surface area contributed by atoms with Crippen LogP contribution in [0.3, 0.4) is 0 Å². The smallest absolute Gasteiger partial charge is 0.410 e. The minimum atomic E-state index is -3.95. The zero-order chi connectivity index (χ0) is 21.4. The van der Waals surface area contributed by atoms with E-state index in [0.717, 1.165) is 18.4 Å². The molecule has 0 N–H and O–H groups in total. The Morgan fingerprint density at radius 1 is 1.21 bits per heavy atom. The molecule has 2 atom stereocenters. The lowest BCUT2D eigenvalue weighted by Crippen LogP contribution is -2.52. The molecule has 8 heteroatoms. The Balaban J connectivity index is 1.71. The van der Waals surface area contributed by atoms with Crippen molar-refractivity contribution >= 4 is 16.2 Å². The number of amides is 1. The minimum Gasteiger partial charge on any atom is -0.444 e. The zero-order valence-electron chi connectivity index (χ0n) is 17.3. The van der Waals surface area contributed by atoms with E-state index in [0.29, 0.717) is 12.8 Å². The Bertz CT molecular complexity index is 898.